The van der Waals surface area contributed by atoms with Gasteiger partial charge in [-0.1, -0.05) is 0 Å². The lowest BCUT2D eigenvalue weighted by atomic mass is 10.0. The lowest BCUT2D eigenvalue weighted by molar-refractivity contribution is 0.667. The van der Waals surface area contributed by atoms with Gasteiger partial charge in [-0.05, 0) is 32.1 Å². The molecule has 1 aliphatic rings. The van der Waals surface area contributed by atoms with Crippen molar-refractivity contribution in [3.8, 4) is 0 Å². The molecule has 0 saturated heterocycles. The summed E-state index contributed by atoms with van der Waals surface area (Å²) in [7, 11) is 3.66. The second-order valence-corrected chi connectivity index (χ2v) is 7.11. The number of aliphatic imine (C=N–C) groups is 1. The van der Waals surface area contributed by atoms with E-state index >= 15 is 0 Å². The fraction of sp³-hybridized carbons (Fsp3) is 0.625. The van der Waals surface area contributed by atoms with Crippen molar-refractivity contribution in [3.05, 3.63) is 27.7 Å². The first-order valence-electron chi connectivity index (χ1n) is 8.51. The van der Waals surface area contributed by atoms with Crippen LogP contribution in [0.15, 0.2) is 11.3 Å². The lowest BCUT2D eigenvalue weighted by Gasteiger charge is -2.11. The lowest BCUT2D eigenvalue weighted by Crippen LogP contribution is -2.38. The summed E-state index contributed by atoms with van der Waals surface area (Å²) in [5.74, 6) is 1.67. The fourth-order valence-electron chi connectivity index (χ4n) is 2.82. The van der Waals surface area contributed by atoms with E-state index in [0.717, 1.165) is 31.2 Å². The van der Waals surface area contributed by atoms with Crippen LogP contribution in [0.2, 0.25) is 0 Å². The molecule has 24 heavy (non-hydrogen) atoms. The van der Waals surface area contributed by atoms with Crippen LogP contribution in [0.1, 0.15) is 40.7 Å². The quantitative estimate of drug-likeness (QED) is 0.470. The summed E-state index contributed by atoms with van der Waals surface area (Å²) in [5.41, 5.74) is 1.36. The standard InChI is InChI=1S/C16H25N7S/c1-17-16(19-10-14-20-11-21-23(14)2)18-9-5-8-15-22-12-6-3-4-7-13(12)24-15/h11H,3-10H2,1-2H3,(H2,17,18,19). The maximum Gasteiger partial charge on any atom is 0.191 e. The monoisotopic (exact) mass is 347 g/mol. The Morgan fingerprint density at radius 3 is 2.96 bits per heavy atom. The zero-order chi connectivity index (χ0) is 16.8. The summed E-state index contributed by atoms with van der Waals surface area (Å²) in [6.45, 7) is 1.48. The van der Waals surface area contributed by atoms with Gasteiger partial charge in [0, 0.05) is 31.9 Å². The second-order valence-electron chi connectivity index (χ2n) is 5.94. The highest BCUT2D eigenvalue weighted by Crippen LogP contribution is 2.27. The van der Waals surface area contributed by atoms with Crippen LogP contribution in [0.25, 0.3) is 0 Å². The van der Waals surface area contributed by atoms with E-state index in [1.165, 1.54) is 41.3 Å². The molecule has 0 fully saturated rings. The minimum Gasteiger partial charge on any atom is -0.356 e. The second kappa shape index (κ2) is 8.23. The van der Waals surface area contributed by atoms with Gasteiger partial charge in [-0.25, -0.2) is 9.97 Å². The van der Waals surface area contributed by atoms with Crippen molar-refractivity contribution in [2.24, 2.45) is 12.0 Å². The van der Waals surface area contributed by atoms with Gasteiger partial charge in [-0.3, -0.25) is 9.67 Å². The molecule has 0 saturated carbocycles. The third kappa shape index (κ3) is 4.31. The molecule has 8 heteroatoms. The highest BCUT2D eigenvalue weighted by atomic mass is 32.1. The largest absolute Gasteiger partial charge is 0.356 e. The van der Waals surface area contributed by atoms with Crippen LogP contribution in [0.5, 0.6) is 0 Å². The molecule has 2 aromatic rings. The number of nitrogens with one attached hydrogen (secondary N) is 2. The van der Waals surface area contributed by atoms with Gasteiger partial charge in [0.1, 0.15) is 12.2 Å². The summed E-state index contributed by atoms with van der Waals surface area (Å²) < 4.78 is 1.75. The predicted octanol–water partition coefficient (Wildman–Crippen LogP) is 1.45. The summed E-state index contributed by atoms with van der Waals surface area (Å²) in [6.07, 6.45) is 8.66. The van der Waals surface area contributed by atoms with Crippen molar-refractivity contribution in [2.75, 3.05) is 13.6 Å². The number of aromatic nitrogens is 4. The summed E-state index contributed by atoms with van der Waals surface area (Å²) >= 11 is 1.91. The molecule has 0 atom stereocenters. The Balaban J connectivity index is 1.38. The van der Waals surface area contributed by atoms with Gasteiger partial charge in [0.25, 0.3) is 0 Å². The maximum atomic E-state index is 4.79. The van der Waals surface area contributed by atoms with Crippen molar-refractivity contribution in [1.82, 2.24) is 30.4 Å². The summed E-state index contributed by atoms with van der Waals surface area (Å²) in [5, 5.41) is 11.9. The topological polar surface area (TPSA) is 80.0 Å². The molecule has 0 radical (unpaired) electrons. The highest BCUT2D eigenvalue weighted by molar-refractivity contribution is 7.11. The fourth-order valence-corrected chi connectivity index (χ4v) is 4.02. The van der Waals surface area contributed by atoms with Crippen LogP contribution in [-0.2, 0) is 32.9 Å². The minimum absolute atomic E-state index is 0.607. The molecule has 2 heterocycles. The number of rotatable bonds is 6. The van der Waals surface area contributed by atoms with Gasteiger partial charge in [-0.2, -0.15) is 5.10 Å². The number of guanidine groups is 1. The number of hydrogen-bond acceptors (Lipinski definition) is 5. The molecule has 7 nitrogen and oxygen atoms in total. The molecule has 0 amide bonds. The molecule has 0 unspecified atom stereocenters. The van der Waals surface area contributed by atoms with E-state index in [9.17, 15) is 0 Å². The first-order chi connectivity index (χ1) is 11.8. The third-order valence-electron chi connectivity index (χ3n) is 4.19. The van der Waals surface area contributed by atoms with E-state index in [1.807, 2.05) is 18.4 Å². The van der Waals surface area contributed by atoms with Crippen LogP contribution < -0.4 is 10.6 Å². The van der Waals surface area contributed by atoms with Gasteiger partial charge in [0.15, 0.2) is 5.96 Å². The van der Waals surface area contributed by atoms with Crippen LogP contribution in [0.4, 0.5) is 0 Å². The number of aryl methyl sites for hydroxylation is 4. The normalized spacial score (nSPS) is 14.5. The molecule has 130 valence electrons. The maximum absolute atomic E-state index is 4.79. The highest BCUT2D eigenvalue weighted by Gasteiger charge is 2.14. The average Bonchev–Trinajstić information content (AvgIpc) is 3.19. The van der Waals surface area contributed by atoms with Crippen LogP contribution in [-0.4, -0.2) is 39.3 Å². The number of hydrogen-bond donors (Lipinski definition) is 2. The van der Waals surface area contributed by atoms with E-state index in [-0.39, 0.29) is 0 Å². The van der Waals surface area contributed by atoms with Gasteiger partial charge >= 0.3 is 0 Å². The Labute approximate surface area is 146 Å². The van der Waals surface area contributed by atoms with E-state index in [0.29, 0.717) is 6.54 Å². The van der Waals surface area contributed by atoms with Crippen molar-refractivity contribution < 1.29 is 0 Å². The minimum atomic E-state index is 0.607. The number of fused-ring (bicyclic) bond motifs is 1. The van der Waals surface area contributed by atoms with Crippen LogP contribution in [0, 0.1) is 0 Å². The van der Waals surface area contributed by atoms with Crippen molar-refractivity contribution in [3.63, 3.8) is 0 Å². The smallest absolute Gasteiger partial charge is 0.191 e. The number of thiazole rings is 1. The first kappa shape index (κ1) is 16.9. The first-order valence-corrected chi connectivity index (χ1v) is 9.32. The Kier molecular flexibility index (Phi) is 5.79. The molecule has 0 aromatic carbocycles. The third-order valence-corrected chi connectivity index (χ3v) is 5.41. The van der Waals surface area contributed by atoms with E-state index in [4.69, 9.17) is 4.98 Å². The Bertz CT molecular complexity index is 665. The van der Waals surface area contributed by atoms with Crippen molar-refractivity contribution >= 4 is 17.3 Å². The van der Waals surface area contributed by atoms with E-state index < -0.39 is 0 Å². The Morgan fingerprint density at radius 1 is 1.33 bits per heavy atom. The molecule has 2 N–H and O–H groups in total. The van der Waals surface area contributed by atoms with E-state index in [1.54, 1.807) is 18.1 Å². The van der Waals surface area contributed by atoms with Crippen molar-refractivity contribution in [1.29, 1.82) is 0 Å². The van der Waals surface area contributed by atoms with Gasteiger partial charge in [-0.15, -0.1) is 11.3 Å². The molecule has 0 bridgehead atoms. The molecular formula is C16H25N7S. The molecule has 0 aliphatic heterocycles. The average molecular weight is 347 g/mol. The Hall–Kier alpha value is -1.96. The SMILES string of the molecule is CN=C(NCCCc1nc2c(s1)CCCC2)NCc1ncnn1C. The summed E-state index contributed by atoms with van der Waals surface area (Å²) in [6, 6.07) is 0. The molecule has 1 aliphatic carbocycles. The van der Waals surface area contributed by atoms with Crippen LogP contribution >= 0.6 is 11.3 Å². The molecule has 2 aromatic heterocycles. The van der Waals surface area contributed by atoms with Gasteiger partial charge < -0.3 is 10.6 Å². The predicted molar refractivity (Wildman–Crippen MR) is 96.3 cm³/mol. The summed E-state index contributed by atoms with van der Waals surface area (Å²) in [4.78, 5) is 14.7. The van der Waals surface area contributed by atoms with Crippen molar-refractivity contribution in [2.45, 2.75) is 45.1 Å². The van der Waals surface area contributed by atoms with E-state index in [2.05, 4.69) is 25.7 Å². The zero-order valence-corrected chi connectivity index (χ0v) is 15.2. The zero-order valence-electron chi connectivity index (χ0n) is 14.4. The molecule has 0 spiro atoms. The molecular weight excluding hydrogens is 322 g/mol. The Morgan fingerprint density at radius 2 is 2.21 bits per heavy atom. The van der Waals surface area contributed by atoms with Gasteiger partial charge in [0.2, 0.25) is 0 Å². The van der Waals surface area contributed by atoms with Gasteiger partial charge in [0.05, 0.1) is 17.2 Å². The number of nitrogens with zero attached hydrogens (tertiary/aromatic N) is 5. The van der Waals surface area contributed by atoms with Crippen LogP contribution in [0.3, 0.4) is 0 Å². The molecule has 3 rings (SSSR count).